The number of benzene rings is 1. The number of hydrogen-bond donors (Lipinski definition) is 0. The van der Waals surface area contributed by atoms with E-state index in [0.717, 1.165) is 15.6 Å². The molecular formula is C21H19BF2N2. The van der Waals surface area contributed by atoms with Gasteiger partial charge in [0, 0.05) is 30.0 Å². The van der Waals surface area contributed by atoms with Gasteiger partial charge in [-0.3, -0.25) is 0 Å². The van der Waals surface area contributed by atoms with E-state index in [9.17, 15) is 0 Å². The lowest BCUT2D eigenvalue weighted by atomic mass is 9.90. The number of fused-ring (bicyclic) bond motifs is 2. The minimum atomic E-state index is -3.90. The third-order valence-corrected chi connectivity index (χ3v) is 4.82. The van der Waals surface area contributed by atoms with Crippen LogP contribution in [0.25, 0.3) is 12.2 Å². The first-order valence-electron chi connectivity index (χ1n) is 8.65. The zero-order valence-corrected chi connectivity index (χ0v) is 14.7. The van der Waals surface area contributed by atoms with Gasteiger partial charge in [-0.05, 0) is 36.7 Å². The van der Waals surface area contributed by atoms with Gasteiger partial charge in [0.2, 0.25) is 0 Å². The Bertz CT molecular complexity index is 1020. The van der Waals surface area contributed by atoms with Gasteiger partial charge in [0.25, 0.3) is 0 Å². The van der Waals surface area contributed by atoms with Gasteiger partial charge in [-0.2, -0.15) is 0 Å². The Labute approximate surface area is 151 Å². The summed E-state index contributed by atoms with van der Waals surface area (Å²) < 4.78 is 32.8. The molecule has 2 nitrogen and oxygen atoms in total. The van der Waals surface area contributed by atoms with Crippen LogP contribution in [0.5, 0.6) is 0 Å². The zero-order chi connectivity index (χ0) is 18.3. The SMILES string of the molecule is Cc1cc(C)n2c1C=C1C=CC(/C=C/C=C/c3ccccc3)=[N+]1[B-]2(F)F. The molecule has 0 radical (unpaired) electrons. The fourth-order valence-electron chi connectivity index (χ4n) is 3.67. The summed E-state index contributed by atoms with van der Waals surface area (Å²) in [6, 6.07) is 11.7. The molecule has 0 saturated heterocycles. The van der Waals surface area contributed by atoms with Gasteiger partial charge in [0.15, 0.2) is 11.4 Å². The minimum Gasteiger partial charge on any atom is -0.394 e. The van der Waals surface area contributed by atoms with Gasteiger partial charge >= 0.3 is 6.97 Å². The first kappa shape index (κ1) is 16.5. The van der Waals surface area contributed by atoms with Gasteiger partial charge in [-0.15, -0.1) is 0 Å². The Morgan fingerprint density at radius 3 is 2.50 bits per heavy atom. The van der Waals surface area contributed by atoms with Crippen molar-refractivity contribution < 1.29 is 13.1 Å². The summed E-state index contributed by atoms with van der Waals surface area (Å²) in [6.45, 7) is -0.305. The summed E-state index contributed by atoms with van der Waals surface area (Å²) >= 11 is 0. The van der Waals surface area contributed by atoms with Crippen molar-refractivity contribution in [2.45, 2.75) is 13.8 Å². The molecule has 0 unspecified atom stereocenters. The number of aromatic nitrogens is 1. The molecule has 4 rings (SSSR count). The predicted molar refractivity (Wildman–Crippen MR) is 104 cm³/mol. The van der Waals surface area contributed by atoms with E-state index in [1.54, 1.807) is 31.2 Å². The molecule has 1 aromatic heterocycles. The van der Waals surface area contributed by atoms with Gasteiger partial charge in [0.05, 0.1) is 0 Å². The molecule has 0 saturated carbocycles. The lowest BCUT2D eigenvalue weighted by Gasteiger charge is -2.30. The van der Waals surface area contributed by atoms with Gasteiger partial charge in [-0.1, -0.05) is 48.6 Å². The van der Waals surface area contributed by atoms with Crippen molar-refractivity contribution in [2.75, 3.05) is 0 Å². The topological polar surface area (TPSA) is 7.94 Å². The van der Waals surface area contributed by atoms with Crippen molar-refractivity contribution in [1.82, 2.24) is 4.48 Å². The fourth-order valence-corrected chi connectivity index (χ4v) is 3.67. The maximum absolute atomic E-state index is 15.2. The molecular weight excluding hydrogens is 329 g/mol. The number of aryl methyl sites for hydroxylation is 2. The van der Waals surface area contributed by atoms with Gasteiger partial charge in [-0.25, -0.2) is 0 Å². The zero-order valence-electron chi connectivity index (χ0n) is 14.7. The third-order valence-electron chi connectivity index (χ3n) is 4.82. The van der Waals surface area contributed by atoms with E-state index in [4.69, 9.17) is 0 Å². The fraction of sp³-hybridized carbons (Fsp3) is 0.0952. The van der Waals surface area contributed by atoms with Crippen molar-refractivity contribution in [2.24, 2.45) is 0 Å². The monoisotopic (exact) mass is 348 g/mol. The van der Waals surface area contributed by atoms with E-state index in [-0.39, 0.29) is 0 Å². The number of allylic oxidation sites excluding steroid dienone is 5. The molecule has 0 aliphatic carbocycles. The number of hydrogen-bond acceptors (Lipinski definition) is 0. The summed E-state index contributed by atoms with van der Waals surface area (Å²) in [5, 5.41) is 0. The smallest absolute Gasteiger partial charge is 0.394 e. The van der Waals surface area contributed by atoms with E-state index >= 15 is 8.63 Å². The van der Waals surface area contributed by atoms with Crippen LogP contribution < -0.4 is 0 Å². The van der Waals surface area contributed by atoms with E-state index in [1.807, 2.05) is 61.5 Å². The van der Waals surface area contributed by atoms with Crippen LogP contribution in [-0.4, -0.2) is 21.6 Å². The number of nitrogens with zero attached hydrogens (tertiary/aromatic N) is 2. The first-order chi connectivity index (χ1) is 12.5. The molecule has 26 heavy (non-hydrogen) atoms. The Balaban J connectivity index is 1.70. The lowest BCUT2D eigenvalue weighted by molar-refractivity contribution is -0.360. The molecule has 0 amide bonds. The highest BCUT2D eigenvalue weighted by Gasteiger charge is 2.52. The van der Waals surface area contributed by atoms with Crippen molar-refractivity contribution >= 4 is 24.8 Å². The van der Waals surface area contributed by atoms with E-state index in [1.165, 1.54) is 4.48 Å². The molecule has 0 fully saturated rings. The molecule has 130 valence electrons. The predicted octanol–water partition coefficient (Wildman–Crippen LogP) is 4.98. The minimum absolute atomic E-state index is 0.496. The molecule has 0 spiro atoms. The lowest BCUT2D eigenvalue weighted by Crippen LogP contribution is -2.50. The molecule has 0 bridgehead atoms. The number of halogens is 2. The number of rotatable bonds is 3. The Morgan fingerprint density at radius 1 is 1.00 bits per heavy atom. The highest BCUT2D eigenvalue weighted by molar-refractivity contribution is 6.58. The average Bonchev–Trinajstić information content (AvgIpc) is 3.15. The van der Waals surface area contributed by atoms with Gasteiger partial charge < -0.3 is 17.6 Å². The second-order valence-corrected chi connectivity index (χ2v) is 6.64. The van der Waals surface area contributed by atoms with Crippen LogP contribution in [0.15, 0.2) is 72.5 Å². The second kappa shape index (κ2) is 6.09. The quantitative estimate of drug-likeness (QED) is 0.546. The molecule has 2 aliphatic heterocycles. The highest BCUT2D eigenvalue weighted by atomic mass is 19.2. The molecule has 0 atom stereocenters. The Hall–Kier alpha value is -2.95. The molecule has 0 N–H and O–H groups in total. The van der Waals surface area contributed by atoms with Crippen LogP contribution in [0.3, 0.4) is 0 Å². The van der Waals surface area contributed by atoms with Crippen LogP contribution in [0.4, 0.5) is 8.63 Å². The average molecular weight is 348 g/mol. The maximum atomic E-state index is 15.2. The van der Waals surface area contributed by atoms with Crippen molar-refractivity contribution in [3.8, 4) is 0 Å². The molecule has 2 aliphatic rings. The Kier molecular flexibility index (Phi) is 3.87. The highest BCUT2D eigenvalue weighted by Crippen LogP contribution is 2.34. The molecule has 3 heterocycles. The van der Waals surface area contributed by atoms with Crippen LogP contribution >= 0.6 is 0 Å². The summed E-state index contributed by atoms with van der Waals surface area (Å²) in [5.74, 6) is 0. The van der Waals surface area contributed by atoms with Crippen LogP contribution in [0.1, 0.15) is 22.5 Å². The largest absolute Gasteiger partial charge is 0.737 e. The van der Waals surface area contributed by atoms with Gasteiger partial charge in [0.1, 0.15) is 0 Å². The summed E-state index contributed by atoms with van der Waals surface area (Å²) in [7, 11) is 0. The summed E-state index contributed by atoms with van der Waals surface area (Å²) in [5.41, 5.74) is 4.15. The first-order valence-corrected chi connectivity index (χ1v) is 8.65. The molecule has 2 aromatic rings. The Morgan fingerprint density at radius 2 is 1.73 bits per heavy atom. The van der Waals surface area contributed by atoms with Crippen molar-refractivity contribution in [3.05, 3.63) is 95.0 Å². The standard InChI is InChI=1S/C21H19BF2N2/c1-16-14-17(2)25-21(16)15-20-13-12-19(26(20)22(25,23)24)11-7-6-10-18-8-4-3-5-9-18/h3-15H,1-2H3/b10-6+,11-7+. The molecule has 5 heteroatoms. The van der Waals surface area contributed by atoms with Crippen LogP contribution in [-0.2, 0) is 0 Å². The van der Waals surface area contributed by atoms with Crippen LogP contribution in [0.2, 0.25) is 0 Å². The second-order valence-electron chi connectivity index (χ2n) is 6.64. The van der Waals surface area contributed by atoms with E-state index < -0.39 is 6.97 Å². The third kappa shape index (κ3) is 2.60. The van der Waals surface area contributed by atoms with E-state index in [2.05, 4.69) is 0 Å². The van der Waals surface area contributed by atoms with Crippen molar-refractivity contribution in [3.63, 3.8) is 0 Å². The maximum Gasteiger partial charge on any atom is 0.737 e. The molecule has 1 aromatic carbocycles. The normalized spacial score (nSPS) is 17.9. The summed E-state index contributed by atoms with van der Waals surface area (Å²) in [4.78, 5) is 0. The summed E-state index contributed by atoms with van der Waals surface area (Å²) in [6.07, 6.45) is 12.7. The van der Waals surface area contributed by atoms with Crippen molar-refractivity contribution in [1.29, 1.82) is 0 Å². The van der Waals surface area contributed by atoms with Crippen LogP contribution in [0, 0.1) is 13.8 Å². The van der Waals surface area contributed by atoms with E-state index in [0.29, 0.717) is 22.8 Å².